The standard InChI is InChI=1S/C14H20N2O4S/c1-4-20-13(17)14(2,15-3)9-10-21-12-8-6-5-7-11(12)16(18)19/h5-8,15H,4,9-10H2,1-3H3. The van der Waals surface area contributed by atoms with Crippen LogP contribution in [0, 0.1) is 10.1 Å². The van der Waals surface area contributed by atoms with Crippen LogP contribution in [0.4, 0.5) is 5.69 Å². The molecular weight excluding hydrogens is 292 g/mol. The van der Waals surface area contributed by atoms with Crippen molar-refractivity contribution < 1.29 is 14.5 Å². The summed E-state index contributed by atoms with van der Waals surface area (Å²) >= 11 is 1.36. The Balaban J connectivity index is 2.67. The van der Waals surface area contributed by atoms with Crippen LogP contribution in [0.3, 0.4) is 0 Å². The molecule has 1 unspecified atom stereocenters. The molecule has 0 heterocycles. The fourth-order valence-corrected chi connectivity index (χ4v) is 2.91. The number of nitrogens with one attached hydrogen (secondary N) is 1. The van der Waals surface area contributed by atoms with E-state index in [-0.39, 0.29) is 11.7 Å². The number of ether oxygens (including phenoxy) is 1. The van der Waals surface area contributed by atoms with Gasteiger partial charge in [-0.05, 0) is 33.4 Å². The Morgan fingerprint density at radius 1 is 1.48 bits per heavy atom. The van der Waals surface area contributed by atoms with E-state index in [4.69, 9.17) is 4.74 Å². The van der Waals surface area contributed by atoms with Crippen molar-refractivity contribution in [3.05, 3.63) is 34.4 Å². The maximum atomic E-state index is 11.9. The molecule has 0 aliphatic rings. The Morgan fingerprint density at radius 2 is 2.14 bits per heavy atom. The number of benzene rings is 1. The quantitative estimate of drug-likeness (QED) is 0.344. The molecule has 6 nitrogen and oxygen atoms in total. The van der Waals surface area contributed by atoms with Crippen LogP contribution in [-0.4, -0.2) is 35.8 Å². The molecular formula is C14H20N2O4S. The molecule has 0 saturated carbocycles. The molecule has 0 fully saturated rings. The van der Waals surface area contributed by atoms with E-state index in [2.05, 4.69) is 5.32 Å². The zero-order valence-corrected chi connectivity index (χ0v) is 13.2. The third-order valence-corrected chi connectivity index (χ3v) is 4.26. The second kappa shape index (κ2) is 7.99. The summed E-state index contributed by atoms with van der Waals surface area (Å²) in [5, 5.41) is 13.9. The number of thioether (sulfide) groups is 1. The van der Waals surface area contributed by atoms with E-state index in [1.54, 1.807) is 39.1 Å². The molecule has 0 aliphatic heterocycles. The lowest BCUT2D eigenvalue weighted by atomic mass is 10.00. The van der Waals surface area contributed by atoms with Gasteiger partial charge in [0.25, 0.3) is 5.69 Å². The Hall–Kier alpha value is -1.60. The largest absolute Gasteiger partial charge is 0.465 e. The summed E-state index contributed by atoms with van der Waals surface area (Å²) in [6.45, 7) is 3.86. The van der Waals surface area contributed by atoms with Gasteiger partial charge in [0.15, 0.2) is 0 Å². The molecule has 0 radical (unpaired) electrons. The molecule has 0 bridgehead atoms. The number of carbonyl (C=O) groups excluding carboxylic acids is 1. The van der Waals surface area contributed by atoms with Gasteiger partial charge in [-0.1, -0.05) is 12.1 Å². The van der Waals surface area contributed by atoms with Crippen LogP contribution < -0.4 is 5.32 Å². The van der Waals surface area contributed by atoms with Crippen molar-refractivity contribution in [2.45, 2.75) is 30.7 Å². The van der Waals surface area contributed by atoms with Crippen molar-refractivity contribution in [1.29, 1.82) is 0 Å². The van der Waals surface area contributed by atoms with Gasteiger partial charge >= 0.3 is 5.97 Å². The molecule has 0 amide bonds. The second-order valence-corrected chi connectivity index (χ2v) is 5.76. The van der Waals surface area contributed by atoms with E-state index in [0.29, 0.717) is 23.7 Å². The number of likely N-dealkylation sites (N-methyl/N-ethyl adjacent to an activating group) is 1. The molecule has 0 saturated heterocycles. The van der Waals surface area contributed by atoms with Crippen molar-refractivity contribution >= 4 is 23.4 Å². The monoisotopic (exact) mass is 312 g/mol. The first-order valence-corrected chi connectivity index (χ1v) is 7.65. The summed E-state index contributed by atoms with van der Waals surface area (Å²) in [6, 6.07) is 6.59. The van der Waals surface area contributed by atoms with Crippen molar-refractivity contribution in [3.63, 3.8) is 0 Å². The lowest BCUT2D eigenvalue weighted by molar-refractivity contribution is -0.387. The number of rotatable bonds is 8. The number of para-hydroxylation sites is 1. The molecule has 1 aromatic carbocycles. The third kappa shape index (κ3) is 4.71. The van der Waals surface area contributed by atoms with Gasteiger partial charge in [0.2, 0.25) is 0 Å². The molecule has 1 rings (SSSR count). The first kappa shape index (κ1) is 17.5. The van der Waals surface area contributed by atoms with Gasteiger partial charge in [0, 0.05) is 11.8 Å². The zero-order valence-electron chi connectivity index (χ0n) is 12.4. The summed E-state index contributed by atoms with van der Waals surface area (Å²) in [4.78, 5) is 23.1. The van der Waals surface area contributed by atoms with Gasteiger partial charge in [-0.2, -0.15) is 0 Å². The van der Waals surface area contributed by atoms with Crippen LogP contribution in [0.5, 0.6) is 0 Å². The number of hydrogen-bond acceptors (Lipinski definition) is 6. The first-order chi connectivity index (χ1) is 9.94. The zero-order chi connectivity index (χ0) is 15.9. The lowest BCUT2D eigenvalue weighted by Gasteiger charge is -2.26. The highest BCUT2D eigenvalue weighted by atomic mass is 32.2. The van der Waals surface area contributed by atoms with Gasteiger partial charge in [0.05, 0.1) is 16.4 Å². The minimum atomic E-state index is -0.785. The van der Waals surface area contributed by atoms with Crippen molar-refractivity contribution in [3.8, 4) is 0 Å². The van der Waals surface area contributed by atoms with Gasteiger partial charge in [-0.25, -0.2) is 0 Å². The Kier molecular flexibility index (Phi) is 6.64. The van der Waals surface area contributed by atoms with Gasteiger partial charge < -0.3 is 10.1 Å². The average Bonchev–Trinajstić information content (AvgIpc) is 2.47. The van der Waals surface area contributed by atoms with Crippen LogP contribution in [0.2, 0.25) is 0 Å². The SMILES string of the molecule is CCOC(=O)C(C)(CCSc1ccccc1[N+](=O)[O-])NC. The van der Waals surface area contributed by atoms with Gasteiger partial charge in [-0.3, -0.25) is 14.9 Å². The van der Waals surface area contributed by atoms with Crippen LogP contribution in [0.15, 0.2) is 29.2 Å². The summed E-state index contributed by atoms with van der Waals surface area (Å²) < 4.78 is 5.04. The maximum absolute atomic E-state index is 11.9. The second-order valence-electron chi connectivity index (χ2n) is 4.63. The topological polar surface area (TPSA) is 81.5 Å². The molecule has 0 spiro atoms. The summed E-state index contributed by atoms with van der Waals surface area (Å²) in [6.07, 6.45) is 0.513. The number of nitro groups is 1. The van der Waals surface area contributed by atoms with Gasteiger partial charge in [0.1, 0.15) is 5.54 Å². The third-order valence-electron chi connectivity index (χ3n) is 3.20. The Morgan fingerprint density at radius 3 is 2.71 bits per heavy atom. The van der Waals surface area contributed by atoms with E-state index >= 15 is 0 Å². The predicted molar refractivity (Wildman–Crippen MR) is 82.5 cm³/mol. The summed E-state index contributed by atoms with van der Waals surface area (Å²) in [5.74, 6) is 0.261. The van der Waals surface area contributed by atoms with E-state index < -0.39 is 10.5 Å². The normalized spacial score (nSPS) is 13.5. The number of carbonyl (C=O) groups is 1. The van der Waals surface area contributed by atoms with Crippen LogP contribution in [0.1, 0.15) is 20.3 Å². The molecule has 116 valence electrons. The van der Waals surface area contributed by atoms with E-state index in [1.807, 2.05) is 0 Å². The highest BCUT2D eigenvalue weighted by Gasteiger charge is 2.32. The maximum Gasteiger partial charge on any atom is 0.326 e. The summed E-state index contributed by atoms with van der Waals surface area (Å²) in [7, 11) is 1.70. The smallest absolute Gasteiger partial charge is 0.326 e. The van der Waals surface area contributed by atoms with E-state index in [0.717, 1.165) is 0 Å². The van der Waals surface area contributed by atoms with Crippen LogP contribution >= 0.6 is 11.8 Å². The number of esters is 1. The molecule has 0 aliphatic carbocycles. The molecule has 1 atom stereocenters. The van der Waals surface area contributed by atoms with E-state index in [1.165, 1.54) is 17.8 Å². The van der Waals surface area contributed by atoms with Crippen LogP contribution in [-0.2, 0) is 9.53 Å². The average molecular weight is 312 g/mol. The highest BCUT2D eigenvalue weighted by molar-refractivity contribution is 7.99. The van der Waals surface area contributed by atoms with E-state index in [9.17, 15) is 14.9 Å². The minimum absolute atomic E-state index is 0.0878. The lowest BCUT2D eigenvalue weighted by Crippen LogP contribution is -2.49. The van der Waals surface area contributed by atoms with Crippen LogP contribution in [0.25, 0.3) is 0 Å². The molecule has 7 heteroatoms. The van der Waals surface area contributed by atoms with Gasteiger partial charge in [-0.15, -0.1) is 11.8 Å². The predicted octanol–water partition coefficient (Wildman–Crippen LogP) is 2.62. The van der Waals surface area contributed by atoms with Crippen molar-refractivity contribution in [2.75, 3.05) is 19.4 Å². The minimum Gasteiger partial charge on any atom is -0.465 e. The number of hydrogen-bond donors (Lipinski definition) is 1. The fourth-order valence-electron chi connectivity index (χ4n) is 1.71. The van der Waals surface area contributed by atoms with Crippen molar-refractivity contribution in [1.82, 2.24) is 5.32 Å². The number of nitro benzene ring substituents is 1. The molecule has 1 N–H and O–H groups in total. The highest BCUT2D eigenvalue weighted by Crippen LogP contribution is 2.30. The summed E-state index contributed by atoms with van der Waals surface area (Å²) in [5.41, 5.74) is -0.697. The Labute approximate surface area is 128 Å². The fraction of sp³-hybridized carbons (Fsp3) is 0.500. The molecule has 21 heavy (non-hydrogen) atoms. The number of nitrogens with zero attached hydrogens (tertiary/aromatic N) is 1. The van der Waals surface area contributed by atoms with Crippen molar-refractivity contribution in [2.24, 2.45) is 0 Å². The molecule has 1 aromatic rings. The molecule has 0 aromatic heterocycles. The Bertz CT molecular complexity index is 510. The first-order valence-electron chi connectivity index (χ1n) is 6.67.